The minimum Gasteiger partial charge on any atom is -0.488 e. The number of fused-ring (bicyclic) bond motifs is 1. The Balaban J connectivity index is 1.50. The van der Waals surface area contributed by atoms with E-state index in [1.807, 2.05) is 0 Å². The molecule has 0 bridgehead atoms. The molecule has 0 saturated carbocycles. The van der Waals surface area contributed by atoms with Gasteiger partial charge in [-0.3, -0.25) is 0 Å². The van der Waals surface area contributed by atoms with Crippen LogP contribution < -0.4 is 15.2 Å². The molecular formula is C19H13ClF3N5O3. The van der Waals surface area contributed by atoms with E-state index < -0.39 is 6.36 Å². The zero-order valence-electron chi connectivity index (χ0n) is 15.6. The van der Waals surface area contributed by atoms with Gasteiger partial charge in [-0.05, 0) is 47.0 Å². The molecule has 31 heavy (non-hydrogen) atoms. The van der Waals surface area contributed by atoms with E-state index in [9.17, 15) is 18.0 Å². The van der Waals surface area contributed by atoms with Gasteiger partial charge in [0.2, 0.25) is 5.28 Å². The van der Waals surface area contributed by atoms with Gasteiger partial charge >= 0.3 is 12.1 Å². The average molecular weight is 452 g/mol. The highest BCUT2D eigenvalue weighted by atomic mass is 35.5. The predicted molar refractivity (Wildman–Crippen MR) is 104 cm³/mol. The molecule has 1 aromatic carbocycles. The lowest BCUT2D eigenvalue weighted by molar-refractivity contribution is -0.274. The third-order valence-electron chi connectivity index (χ3n) is 4.17. The third-order valence-corrected chi connectivity index (χ3v) is 4.36. The van der Waals surface area contributed by atoms with Gasteiger partial charge in [0.25, 0.3) is 0 Å². The zero-order valence-corrected chi connectivity index (χ0v) is 16.3. The summed E-state index contributed by atoms with van der Waals surface area (Å²) >= 11 is 5.61. The van der Waals surface area contributed by atoms with Crippen LogP contribution in [0.25, 0.3) is 16.8 Å². The molecule has 0 radical (unpaired) electrons. The Kier molecular flexibility index (Phi) is 5.51. The first-order valence-corrected chi connectivity index (χ1v) is 9.22. The molecule has 12 heteroatoms. The van der Waals surface area contributed by atoms with E-state index in [-0.39, 0.29) is 29.9 Å². The van der Waals surface area contributed by atoms with Crippen molar-refractivity contribution in [1.29, 1.82) is 0 Å². The van der Waals surface area contributed by atoms with Crippen molar-refractivity contribution >= 4 is 17.2 Å². The van der Waals surface area contributed by atoms with E-state index in [0.29, 0.717) is 22.5 Å². The molecule has 0 amide bonds. The normalized spacial score (nSPS) is 11.6. The molecule has 0 fully saturated rings. The third kappa shape index (κ3) is 4.94. The molecule has 0 N–H and O–H groups in total. The fraction of sp³-hybridized carbons (Fsp3) is 0.158. The summed E-state index contributed by atoms with van der Waals surface area (Å²) < 4.78 is 48.8. The second-order valence-corrected chi connectivity index (χ2v) is 6.60. The number of rotatable bonds is 6. The summed E-state index contributed by atoms with van der Waals surface area (Å²) in [5, 5.41) is 4.34. The van der Waals surface area contributed by atoms with Gasteiger partial charge < -0.3 is 9.47 Å². The van der Waals surface area contributed by atoms with E-state index in [2.05, 4.69) is 19.8 Å². The van der Waals surface area contributed by atoms with Crippen LogP contribution in [0.5, 0.6) is 11.5 Å². The van der Waals surface area contributed by atoms with E-state index in [0.717, 1.165) is 0 Å². The number of hydrogen-bond donors (Lipinski definition) is 0. The van der Waals surface area contributed by atoms with Crippen LogP contribution in [-0.2, 0) is 6.54 Å². The Labute approximate surface area is 177 Å². The van der Waals surface area contributed by atoms with Crippen molar-refractivity contribution in [3.05, 3.63) is 70.8 Å². The van der Waals surface area contributed by atoms with Crippen molar-refractivity contribution in [2.45, 2.75) is 12.9 Å². The van der Waals surface area contributed by atoms with Gasteiger partial charge in [0, 0.05) is 6.20 Å². The molecule has 3 heterocycles. The quantitative estimate of drug-likeness (QED) is 0.417. The number of ether oxygens (including phenoxy) is 2. The monoisotopic (exact) mass is 451 g/mol. The van der Waals surface area contributed by atoms with Crippen LogP contribution in [0.2, 0.25) is 5.28 Å². The van der Waals surface area contributed by atoms with E-state index >= 15 is 0 Å². The molecule has 4 rings (SSSR count). The van der Waals surface area contributed by atoms with Gasteiger partial charge in [0.15, 0.2) is 11.4 Å². The Bertz CT molecular complexity index is 1250. The highest BCUT2D eigenvalue weighted by Gasteiger charge is 2.30. The number of nitrogens with zero attached hydrogens (tertiary/aromatic N) is 5. The van der Waals surface area contributed by atoms with Crippen LogP contribution in [0.3, 0.4) is 0 Å². The van der Waals surface area contributed by atoms with Crippen molar-refractivity contribution in [1.82, 2.24) is 24.1 Å². The summed E-state index contributed by atoms with van der Waals surface area (Å²) in [4.78, 5) is 20.2. The standard InChI is InChI=1S/C19H13ClF3N5O3/c20-17-24-9-15(10-25-17)30-8-7-28-18(29)27-11-13(3-6-16(27)26-28)12-1-4-14(5-2-12)31-19(21,22)23/h1-6,9-11H,7-8H2. The average Bonchev–Trinajstić information content (AvgIpc) is 3.04. The number of alkyl halides is 3. The fourth-order valence-corrected chi connectivity index (χ4v) is 2.91. The summed E-state index contributed by atoms with van der Waals surface area (Å²) in [7, 11) is 0. The molecular weight excluding hydrogens is 439 g/mol. The van der Waals surface area contributed by atoms with Crippen molar-refractivity contribution < 1.29 is 22.6 Å². The minimum atomic E-state index is -4.76. The lowest BCUT2D eigenvalue weighted by Gasteiger charge is -2.09. The number of halogens is 4. The number of pyridine rings is 1. The predicted octanol–water partition coefficient (Wildman–Crippen LogP) is 3.58. The first-order chi connectivity index (χ1) is 14.8. The molecule has 0 aliphatic heterocycles. The SMILES string of the molecule is O=c1n(CCOc2cnc(Cl)nc2)nc2ccc(-c3ccc(OC(F)(F)F)cc3)cn12. The maximum absolute atomic E-state index is 12.6. The number of hydrogen-bond acceptors (Lipinski definition) is 6. The first kappa shape index (κ1) is 20.7. The first-order valence-electron chi connectivity index (χ1n) is 8.84. The number of aromatic nitrogens is 5. The van der Waals surface area contributed by atoms with Crippen LogP contribution in [0.4, 0.5) is 13.2 Å². The maximum Gasteiger partial charge on any atom is 0.573 e. The summed E-state index contributed by atoms with van der Waals surface area (Å²) in [5.74, 6) is 0.0786. The van der Waals surface area contributed by atoms with Crippen molar-refractivity contribution in [2.24, 2.45) is 0 Å². The van der Waals surface area contributed by atoms with Gasteiger partial charge in [0.1, 0.15) is 12.4 Å². The van der Waals surface area contributed by atoms with Crippen LogP contribution >= 0.6 is 11.6 Å². The number of benzene rings is 1. The van der Waals surface area contributed by atoms with Gasteiger partial charge in [-0.1, -0.05) is 12.1 Å². The minimum absolute atomic E-state index is 0.0993. The van der Waals surface area contributed by atoms with Gasteiger partial charge in [0.05, 0.1) is 18.9 Å². The highest BCUT2D eigenvalue weighted by molar-refractivity contribution is 6.28. The summed E-state index contributed by atoms with van der Waals surface area (Å²) in [6.07, 6.45) is -0.362. The molecule has 0 aliphatic carbocycles. The molecule has 160 valence electrons. The second kappa shape index (κ2) is 8.26. The van der Waals surface area contributed by atoms with Crippen molar-refractivity contribution in [2.75, 3.05) is 6.61 Å². The maximum atomic E-state index is 12.6. The van der Waals surface area contributed by atoms with E-state index in [1.165, 1.54) is 45.7 Å². The lowest BCUT2D eigenvalue weighted by Crippen LogP contribution is -2.24. The molecule has 0 aliphatic rings. The van der Waals surface area contributed by atoms with Gasteiger partial charge in [-0.15, -0.1) is 18.3 Å². The highest BCUT2D eigenvalue weighted by Crippen LogP contribution is 2.26. The van der Waals surface area contributed by atoms with Gasteiger partial charge in [-0.2, -0.15) is 0 Å². The van der Waals surface area contributed by atoms with Crippen molar-refractivity contribution in [3.8, 4) is 22.6 Å². The van der Waals surface area contributed by atoms with Gasteiger partial charge in [-0.25, -0.2) is 23.8 Å². The largest absolute Gasteiger partial charge is 0.573 e. The topological polar surface area (TPSA) is 83.5 Å². The molecule has 0 atom stereocenters. The summed E-state index contributed by atoms with van der Waals surface area (Å²) in [6.45, 7) is 0.338. The molecule has 3 aromatic heterocycles. The lowest BCUT2D eigenvalue weighted by atomic mass is 10.1. The Morgan fingerprint density at radius 2 is 1.65 bits per heavy atom. The Hall–Kier alpha value is -3.60. The summed E-state index contributed by atoms with van der Waals surface area (Å²) in [5.41, 5.74) is 1.27. The molecule has 4 aromatic rings. The molecule has 0 spiro atoms. The van der Waals surface area contributed by atoms with Crippen LogP contribution in [0.15, 0.2) is 59.8 Å². The van der Waals surface area contributed by atoms with Crippen molar-refractivity contribution in [3.63, 3.8) is 0 Å². The van der Waals surface area contributed by atoms with Crippen LogP contribution in [-0.4, -0.2) is 37.1 Å². The van der Waals surface area contributed by atoms with E-state index in [4.69, 9.17) is 16.3 Å². The zero-order chi connectivity index (χ0) is 22.0. The van der Waals surface area contributed by atoms with Crippen LogP contribution in [0, 0.1) is 0 Å². The smallest absolute Gasteiger partial charge is 0.488 e. The van der Waals surface area contributed by atoms with Crippen LogP contribution in [0.1, 0.15) is 0 Å². The molecule has 0 saturated heterocycles. The molecule has 0 unspecified atom stereocenters. The Morgan fingerprint density at radius 3 is 2.32 bits per heavy atom. The second-order valence-electron chi connectivity index (χ2n) is 6.26. The molecule has 8 nitrogen and oxygen atoms in total. The van der Waals surface area contributed by atoms with E-state index in [1.54, 1.807) is 18.3 Å². The Morgan fingerprint density at radius 1 is 0.968 bits per heavy atom. The summed E-state index contributed by atoms with van der Waals surface area (Å²) in [6, 6.07) is 8.71. The fourth-order valence-electron chi connectivity index (χ4n) is 2.81.